The number of benzene rings is 1. The molecule has 1 aromatic rings. The second kappa shape index (κ2) is 33.4. The SMILES string of the molecule is CC(C)C[C@H](NC(=O)[C@@H](NC(=O)[C@H](CCC(=O)O)NC(=O)[C@H](C)NC(=O)[C@H](C)NC(=O)[C@H](Cc1ccccc1)NC(=O)[C@H](CC(C)C)NC(=O)[C@@H](N)CCCCN)[C@@H](C)O)C(=O)N[C@@H](CCCCN)C(=O)O. The van der Waals surface area contributed by atoms with Gasteiger partial charge in [0, 0.05) is 12.8 Å². The summed E-state index contributed by atoms with van der Waals surface area (Å²) in [5.74, 6) is -9.70. The van der Waals surface area contributed by atoms with E-state index < -0.39 is 133 Å². The first kappa shape index (κ1) is 63.8. The zero-order valence-electron chi connectivity index (χ0n) is 42.7. The maximum atomic E-state index is 13.8. The number of carboxylic acids is 2. The molecule has 0 bridgehead atoms. The molecule has 24 nitrogen and oxygen atoms in total. The van der Waals surface area contributed by atoms with Crippen molar-refractivity contribution in [3.8, 4) is 0 Å². The first-order chi connectivity index (χ1) is 33.8. The van der Waals surface area contributed by atoms with E-state index in [2.05, 4.69) is 42.5 Å². The fourth-order valence-electron chi connectivity index (χ4n) is 7.22. The minimum atomic E-state index is -1.75. The van der Waals surface area contributed by atoms with Gasteiger partial charge in [-0.05, 0) is 103 Å². The number of aliphatic carboxylic acids is 2. The van der Waals surface area contributed by atoms with Gasteiger partial charge in [-0.1, -0.05) is 64.4 Å². The Morgan fingerprint density at radius 2 is 0.917 bits per heavy atom. The molecule has 0 aliphatic carbocycles. The Hall–Kier alpha value is -6.24. The molecule has 0 saturated carbocycles. The molecule has 0 spiro atoms. The monoisotopic (exact) mass is 1020 g/mol. The summed E-state index contributed by atoms with van der Waals surface area (Å²) in [6, 6.07) is -3.20. The summed E-state index contributed by atoms with van der Waals surface area (Å²) in [4.78, 5) is 132. The van der Waals surface area contributed by atoms with Gasteiger partial charge in [0.25, 0.3) is 0 Å². The molecule has 0 saturated heterocycles. The number of aliphatic hydroxyl groups is 1. The molecule has 72 heavy (non-hydrogen) atoms. The molecule has 0 aromatic heterocycles. The second-order valence-corrected chi connectivity index (χ2v) is 18.9. The van der Waals surface area contributed by atoms with Gasteiger partial charge in [0.2, 0.25) is 47.3 Å². The summed E-state index contributed by atoms with van der Waals surface area (Å²) in [6.45, 7) is 11.7. The zero-order valence-corrected chi connectivity index (χ0v) is 42.7. The minimum absolute atomic E-state index is 0.0130. The fourth-order valence-corrected chi connectivity index (χ4v) is 7.22. The standard InChI is InChI=1S/C48H81N11O13/c1-26(2)23-35(56-42(65)32(51)17-11-13-21-49)46(69)57-37(25-31-15-9-8-10-16-31)44(67)53-28(5)40(63)52-29(6)41(64)54-33(19-20-38(61)62)43(66)59-39(30(7)60)47(70)58-36(24-27(3)4)45(68)55-34(48(71)72)18-12-14-22-50/h8-10,15-16,26-30,32-37,39,60H,11-14,17-25,49-51H2,1-7H3,(H,52,63)(H,53,67)(H,54,64)(H,55,68)(H,56,65)(H,57,69)(H,58,70)(H,59,66)(H,61,62)(H,71,72)/t28-,29-,30+,32-,33-,34-,35-,36-,37-,39-/m0/s1. The maximum Gasteiger partial charge on any atom is 0.326 e. The highest BCUT2D eigenvalue weighted by molar-refractivity contribution is 5.98. The normalized spacial score (nSPS) is 15.4. The molecule has 0 aliphatic heterocycles. The van der Waals surface area contributed by atoms with Crippen LogP contribution in [0.25, 0.3) is 0 Å². The molecule has 1 rings (SSSR count). The first-order valence-electron chi connectivity index (χ1n) is 24.6. The van der Waals surface area contributed by atoms with Crippen molar-refractivity contribution in [3.63, 3.8) is 0 Å². The lowest BCUT2D eigenvalue weighted by Crippen LogP contribution is -2.61. The lowest BCUT2D eigenvalue weighted by Gasteiger charge is -2.28. The zero-order chi connectivity index (χ0) is 54.7. The van der Waals surface area contributed by atoms with Gasteiger partial charge in [-0.15, -0.1) is 0 Å². The average Bonchev–Trinajstić information content (AvgIpc) is 3.30. The largest absolute Gasteiger partial charge is 0.481 e. The number of carbonyl (C=O) groups excluding carboxylic acids is 8. The Morgan fingerprint density at radius 3 is 1.40 bits per heavy atom. The van der Waals surface area contributed by atoms with E-state index in [0.717, 1.165) is 6.92 Å². The average molecular weight is 1020 g/mol. The Bertz CT molecular complexity index is 1940. The molecule has 0 fully saturated rings. The van der Waals surface area contributed by atoms with E-state index in [0.29, 0.717) is 50.8 Å². The van der Waals surface area contributed by atoms with Gasteiger partial charge in [0.05, 0.1) is 12.1 Å². The van der Waals surface area contributed by atoms with E-state index in [4.69, 9.17) is 17.2 Å². The van der Waals surface area contributed by atoms with E-state index in [1.807, 2.05) is 13.8 Å². The number of amides is 8. The van der Waals surface area contributed by atoms with Crippen molar-refractivity contribution in [2.24, 2.45) is 29.0 Å². The predicted molar refractivity (Wildman–Crippen MR) is 266 cm³/mol. The summed E-state index contributed by atoms with van der Waals surface area (Å²) in [7, 11) is 0. The second-order valence-electron chi connectivity index (χ2n) is 18.9. The van der Waals surface area contributed by atoms with Gasteiger partial charge in [-0.2, -0.15) is 0 Å². The first-order valence-corrected chi connectivity index (χ1v) is 24.6. The molecular formula is C48H81N11O13. The van der Waals surface area contributed by atoms with E-state index >= 15 is 0 Å². The van der Waals surface area contributed by atoms with Crippen molar-refractivity contribution >= 4 is 59.2 Å². The van der Waals surface area contributed by atoms with E-state index in [1.165, 1.54) is 13.8 Å². The van der Waals surface area contributed by atoms with Gasteiger partial charge in [-0.3, -0.25) is 43.2 Å². The van der Waals surface area contributed by atoms with Crippen molar-refractivity contribution < 1.29 is 63.3 Å². The summed E-state index contributed by atoms with van der Waals surface area (Å²) in [6.07, 6.45) is 0.107. The lowest BCUT2D eigenvalue weighted by molar-refractivity contribution is -0.143. The Morgan fingerprint density at radius 1 is 0.486 bits per heavy atom. The van der Waals surface area contributed by atoms with Gasteiger partial charge >= 0.3 is 11.9 Å². The van der Waals surface area contributed by atoms with Gasteiger partial charge in [0.1, 0.15) is 48.3 Å². The molecule has 24 heteroatoms. The number of nitrogens with one attached hydrogen (secondary N) is 8. The van der Waals surface area contributed by atoms with Crippen LogP contribution in [0.5, 0.6) is 0 Å². The highest BCUT2D eigenvalue weighted by Gasteiger charge is 2.35. The molecule has 406 valence electrons. The van der Waals surface area contributed by atoms with Crippen LogP contribution in [0, 0.1) is 11.8 Å². The van der Waals surface area contributed by atoms with Crippen LogP contribution in [-0.4, -0.2) is 148 Å². The van der Waals surface area contributed by atoms with Gasteiger partial charge < -0.3 is 75.1 Å². The van der Waals surface area contributed by atoms with Crippen LogP contribution in [0.4, 0.5) is 0 Å². The molecule has 0 radical (unpaired) electrons. The number of carboxylic acid groups (broad SMARTS) is 2. The van der Waals surface area contributed by atoms with Crippen molar-refractivity contribution in [2.75, 3.05) is 13.1 Å². The number of carbonyl (C=O) groups is 10. The number of aliphatic hydroxyl groups excluding tert-OH is 1. The van der Waals surface area contributed by atoms with Crippen molar-refractivity contribution in [3.05, 3.63) is 35.9 Å². The number of hydrogen-bond acceptors (Lipinski definition) is 14. The smallest absolute Gasteiger partial charge is 0.326 e. The van der Waals surface area contributed by atoms with Crippen LogP contribution < -0.4 is 59.7 Å². The summed E-state index contributed by atoms with van der Waals surface area (Å²) >= 11 is 0. The Balaban J connectivity index is 3.21. The molecule has 17 N–H and O–H groups in total. The van der Waals surface area contributed by atoms with Crippen molar-refractivity contribution in [2.45, 2.75) is 180 Å². The summed E-state index contributed by atoms with van der Waals surface area (Å²) in [5, 5.41) is 49.6. The minimum Gasteiger partial charge on any atom is -0.481 e. The van der Waals surface area contributed by atoms with Crippen LogP contribution in [0.2, 0.25) is 0 Å². The number of nitrogens with two attached hydrogens (primary N) is 3. The predicted octanol–water partition coefficient (Wildman–Crippen LogP) is -1.85. The topological polar surface area (TPSA) is 406 Å². The van der Waals surface area contributed by atoms with Gasteiger partial charge in [-0.25, -0.2) is 4.79 Å². The Labute approximate surface area is 421 Å². The molecule has 0 aliphatic rings. The lowest BCUT2D eigenvalue weighted by atomic mass is 10.00. The van der Waals surface area contributed by atoms with E-state index in [1.54, 1.807) is 44.2 Å². The number of rotatable bonds is 35. The van der Waals surface area contributed by atoms with Crippen LogP contribution >= 0.6 is 0 Å². The van der Waals surface area contributed by atoms with Crippen LogP contribution in [0.3, 0.4) is 0 Å². The molecule has 8 amide bonds. The van der Waals surface area contributed by atoms with Gasteiger partial charge in [0.15, 0.2) is 0 Å². The van der Waals surface area contributed by atoms with Crippen molar-refractivity contribution in [1.82, 2.24) is 42.5 Å². The van der Waals surface area contributed by atoms with Crippen LogP contribution in [0.15, 0.2) is 30.3 Å². The van der Waals surface area contributed by atoms with Crippen molar-refractivity contribution in [1.29, 1.82) is 0 Å². The number of hydrogen-bond donors (Lipinski definition) is 14. The quantitative estimate of drug-likeness (QED) is 0.0332. The molecular weight excluding hydrogens is 939 g/mol. The highest BCUT2D eigenvalue weighted by Crippen LogP contribution is 2.12. The maximum absolute atomic E-state index is 13.8. The molecule has 0 unspecified atom stereocenters. The molecule has 0 heterocycles. The van der Waals surface area contributed by atoms with Crippen LogP contribution in [0.1, 0.15) is 118 Å². The fraction of sp³-hybridized carbons (Fsp3) is 0.667. The summed E-state index contributed by atoms with van der Waals surface area (Å²) < 4.78 is 0. The third-order valence-corrected chi connectivity index (χ3v) is 11.3. The molecule has 10 atom stereocenters. The third-order valence-electron chi connectivity index (χ3n) is 11.3. The van der Waals surface area contributed by atoms with Crippen LogP contribution in [-0.2, 0) is 54.4 Å². The number of unbranched alkanes of at least 4 members (excludes halogenated alkanes) is 2. The summed E-state index contributed by atoms with van der Waals surface area (Å²) in [5.41, 5.74) is 17.8. The molecule has 1 aromatic carbocycles. The third kappa shape index (κ3) is 24.7. The Kier molecular flexibility index (Phi) is 29.6. The highest BCUT2D eigenvalue weighted by atomic mass is 16.4. The van der Waals surface area contributed by atoms with E-state index in [-0.39, 0.29) is 37.5 Å². The van der Waals surface area contributed by atoms with E-state index in [9.17, 15) is 63.3 Å².